The van der Waals surface area contributed by atoms with Gasteiger partial charge in [-0.05, 0) is 32.2 Å². The van der Waals surface area contributed by atoms with Crippen LogP contribution in [0.15, 0.2) is 0 Å². The molecule has 1 rings (SSSR count). The van der Waals surface area contributed by atoms with E-state index in [0.29, 0.717) is 6.54 Å². The highest BCUT2D eigenvalue weighted by molar-refractivity contribution is 5.81. The summed E-state index contributed by atoms with van der Waals surface area (Å²) in [5.41, 5.74) is -0.243. The van der Waals surface area contributed by atoms with Crippen LogP contribution in [0.25, 0.3) is 0 Å². The molecule has 0 spiro atoms. The number of rotatable bonds is 6. The Morgan fingerprint density at radius 2 is 1.89 bits per heavy atom. The summed E-state index contributed by atoms with van der Waals surface area (Å²) in [6, 6.07) is -0.240. The Morgan fingerprint density at radius 3 is 2.39 bits per heavy atom. The van der Waals surface area contributed by atoms with Crippen molar-refractivity contribution in [3.05, 3.63) is 0 Å². The van der Waals surface area contributed by atoms with E-state index in [1.54, 1.807) is 14.0 Å². The highest BCUT2D eigenvalue weighted by Crippen LogP contribution is 2.38. The van der Waals surface area contributed by atoms with Gasteiger partial charge in [0.2, 0.25) is 5.91 Å². The second kappa shape index (κ2) is 6.73. The number of hydrogen-bond donors (Lipinski definition) is 3. The maximum Gasteiger partial charge on any atom is 0.303 e. The summed E-state index contributed by atoms with van der Waals surface area (Å²) in [6.45, 7) is 2.27. The fourth-order valence-corrected chi connectivity index (χ4v) is 2.60. The van der Waals surface area contributed by atoms with Gasteiger partial charge in [0.25, 0.3) is 0 Å². The van der Waals surface area contributed by atoms with Crippen molar-refractivity contribution >= 4 is 11.9 Å². The summed E-state index contributed by atoms with van der Waals surface area (Å²) in [5, 5.41) is 14.8. The lowest BCUT2D eigenvalue weighted by Gasteiger charge is -2.36. The molecule has 0 radical (unpaired) electrons. The van der Waals surface area contributed by atoms with E-state index in [9.17, 15) is 9.59 Å². The van der Waals surface area contributed by atoms with E-state index in [1.807, 2.05) is 0 Å². The number of carboxylic acid groups (broad SMARTS) is 1. The van der Waals surface area contributed by atoms with Crippen LogP contribution < -0.4 is 10.6 Å². The molecule has 18 heavy (non-hydrogen) atoms. The number of carbonyl (C=O) groups excluding carboxylic acids is 1. The number of likely N-dealkylation sites (N-methyl/N-ethyl adjacent to an activating group) is 1. The van der Waals surface area contributed by atoms with Crippen LogP contribution in [-0.4, -0.2) is 36.6 Å². The zero-order chi connectivity index (χ0) is 13.6. The van der Waals surface area contributed by atoms with Crippen LogP contribution in [0.2, 0.25) is 0 Å². The van der Waals surface area contributed by atoms with Crippen LogP contribution in [0.1, 0.15) is 45.4 Å². The second-order valence-corrected chi connectivity index (χ2v) is 5.36. The third kappa shape index (κ3) is 4.29. The van der Waals surface area contributed by atoms with Crippen LogP contribution in [-0.2, 0) is 9.59 Å². The molecule has 0 aromatic rings. The van der Waals surface area contributed by atoms with Crippen molar-refractivity contribution in [2.75, 3.05) is 13.6 Å². The molecular formula is C13H24N2O3. The monoisotopic (exact) mass is 256 g/mol. The molecule has 0 heterocycles. The van der Waals surface area contributed by atoms with Gasteiger partial charge in [0.1, 0.15) is 0 Å². The Hall–Kier alpha value is -1.10. The van der Waals surface area contributed by atoms with E-state index in [1.165, 1.54) is 6.42 Å². The summed E-state index contributed by atoms with van der Waals surface area (Å²) in [7, 11) is 1.73. The van der Waals surface area contributed by atoms with Gasteiger partial charge in [-0.15, -0.1) is 0 Å². The van der Waals surface area contributed by atoms with Crippen molar-refractivity contribution in [2.24, 2.45) is 5.41 Å². The Balaban J connectivity index is 2.56. The fourth-order valence-electron chi connectivity index (χ4n) is 2.60. The van der Waals surface area contributed by atoms with Gasteiger partial charge in [0.05, 0.1) is 12.5 Å². The van der Waals surface area contributed by atoms with Gasteiger partial charge < -0.3 is 15.7 Å². The maximum atomic E-state index is 11.7. The first-order chi connectivity index (χ1) is 8.49. The summed E-state index contributed by atoms with van der Waals surface area (Å²) in [4.78, 5) is 22.7. The van der Waals surface area contributed by atoms with Gasteiger partial charge in [0.15, 0.2) is 0 Å². The van der Waals surface area contributed by atoms with Gasteiger partial charge in [-0.2, -0.15) is 0 Å². The molecule has 1 fully saturated rings. The van der Waals surface area contributed by atoms with Gasteiger partial charge >= 0.3 is 5.97 Å². The smallest absolute Gasteiger partial charge is 0.303 e. The lowest BCUT2D eigenvalue weighted by atomic mass is 9.71. The fraction of sp³-hybridized carbons (Fsp3) is 0.846. The highest BCUT2D eigenvalue weighted by atomic mass is 16.4. The Bertz CT molecular complexity index is 299. The number of amides is 1. The second-order valence-electron chi connectivity index (χ2n) is 5.36. The average Bonchev–Trinajstić information content (AvgIpc) is 2.35. The molecule has 1 aliphatic rings. The molecule has 0 aromatic carbocycles. The molecule has 0 aromatic heterocycles. The van der Waals surface area contributed by atoms with E-state index in [-0.39, 0.29) is 23.8 Å². The largest absolute Gasteiger partial charge is 0.481 e. The Labute approximate surface area is 108 Å². The van der Waals surface area contributed by atoms with Crippen molar-refractivity contribution in [2.45, 2.75) is 51.5 Å². The molecule has 5 heteroatoms. The van der Waals surface area contributed by atoms with Crippen molar-refractivity contribution < 1.29 is 14.7 Å². The van der Waals surface area contributed by atoms with E-state index in [0.717, 1.165) is 25.7 Å². The van der Waals surface area contributed by atoms with Gasteiger partial charge in [-0.3, -0.25) is 9.59 Å². The van der Waals surface area contributed by atoms with E-state index in [4.69, 9.17) is 5.11 Å². The number of carbonyl (C=O) groups is 2. The van der Waals surface area contributed by atoms with Crippen molar-refractivity contribution in [1.82, 2.24) is 10.6 Å². The zero-order valence-corrected chi connectivity index (χ0v) is 11.3. The SMILES string of the molecule is CNC(C)C(=O)NCC1(CC(=O)O)CCCCC1. The molecule has 1 amide bonds. The molecule has 5 nitrogen and oxygen atoms in total. The standard InChI is InChI=1S/C13H24N2O3/c1-10(14-2)12(18)15-9-13(8-11(16)17)6-4-3-5-7-13/h10,14H,3-9H2,1-2H3,(H,15,18)(H,16,17). The predicted molar refractivity (Wildman–Crippen MR) is 69.3 cm³/mol. The molecule has 0 aliphatic heterocycles. The molecule has 0 saturated heterocycles. The van der Waals surface area contributed by atoms with Gasteiger partial charge in [-0.1, -0.05) is 19.3 Å². The van der Waals surface area contributed by atoms with Crippen LogP contribution in [0.4, 0.5) is 0 Å². The van der Waals surface area contributed by atoms with Gasteiger partial charge in [0, 0.05) is 6.54 Å². The van der Waals surface area contributed by atoms with Crippen LogP contribution in [0.3, 0.4) is 0 Å². The first-order valence-corrected chi connectivity index (χ1v) is 6.66. The number of aliphatic carboxylic acids is 1. The lowest BCUT2D eigenvalue weighted by Crippen LogP contribution is -2.46. The third-order valence-electron chi connectivity index (χ3n) is 3.90. The van der Waals surface area contributed by atoms with E-state index >= 15 is 0 Å². The predicted octanol–water partition coefficient (Wildman–Crippen LogP) is 1.14. The number of carboxylic acids is 1. The third-order valence-corrected chi connectivity index (χ3v) is 3.90. The van der Waals surface area contributed by atoms with E-state index in [2.05, 4.69) is 10.6 Å². The molecule has 0 bridgehead atoms. The number of hydrogen-bond acceptors (Lipinski definition) is 3. The quantitative estimate of drug-likeness (QED) is 0.666. The lowest BCUT2D eigenvalue weighted by molar-refractivity contribution is -0.140. The summed E-state index contributed by atoms with van der Waals surface area (Å²) >= 11 is 0. The minimum absolute atomic E-state index is 0.0622. The van der Waals surface area contributed by atoms with Gasteiger partial charge in [-0.25, -0.2) is 0 Å². The molecule has 3 N–H and O–H groups in total. The highest BCUT2D eigenvalue weighted by Gasteiger charge is 2.34. The molecule has 1 unspecified atom stereocenters. The van der Waals surface area contributed by atoms with E-state index < -0.39 is 5.97 Å². The average molecular weight is 256 g/mol. The minimum atomic E-state index is -0.771. The summed E-state index contributed by atoms with van der Waals surface area (Å²) < 4.78 is 0. The first kappa shape index (κ1) is 15.0. The Kier molecular flexibility index (Phi) is 5.59. The maximum absolute atomic E-state index is 11.7. The zero-order valence-electron chi connectivity index (χ0n) is 11.3. The van der Waals surface area contributed by atoms with Crippen LogP contribution >= 0.6 is 0 Å². The molecule has 1 atom stereocenters. The molecule has 1 saturated carbocycles. The van der Waals surface area contributed by atoms with Crippen molar-refractivity contribution in [3.8, 4) is 0 Å². The molecule has 104 valence electrons. The minimum Gasteiger partial charge on any atom is -0.481 e. The summed E-state index contributed by atoms with van der Waals surface area (Å²) in [5.74, 6) is -0.833. The molecular weight excluding hydrogens is 232 g/mol. The number of nitrogens with one attached hydrogen (secondary N) is 2. The topological polar surface area (TPSA) is 78.4 Å². The first-order valence-electron chi connectivity index (χ1n) is 6.66. The van der Waals surface area contributed by atoms with Crippen LogP contribution in [0.5, 0.6) is 0 Å². The van der Waals surface area contributed by atoms with Crippen molar-refractivity contribution in [1.29, 1.82) is 0 Å². The Morgan fingerprint density at radius 1 is 1.28 bits per heavy atom. The normalized spacial score (nSPS) is 20.1. The summed E-state index contributed by atoms with van der Waals surface area (Å²) in [6.07, 6.45) is 5.24. The molecule has 1 aliphatic carbocycles. The van der Waals surface area contributed by atoms with Crippen molar-refractivity contribution in [3.63, 3.8) is 0 Å². The van der Waals surface area contributed by atoms with Crippen LogP contribution in [0, 0.1) is 5.41 Å².